The molecule has 0 aliphatic carbocycles. The third-order valence-corrected chi connectivity index (χ3v) is 13.8. The molecule has 0 saturated carbocycles. The van der Waals surface area contributed by atoms with Crippen molar-refractivity contribution >= 4 is 55.9 Å². The zero-order chi connectivity index (χ0) is 50.5. The van der Waals surface area contributed by atoms with Crippen molar-refractivity contribution in [2.75, 3.05) is 28.3 Å². The van der Waals surface area contributed by atoms with E-state index in [-0.39, 0.29) is 27.7 Å². The predicted molar refractivity (Wildman–Crippen MR) is 300 cm³/mol. The first-order chi connectivity index (χ1) is 36.9. The molecule has 350 valence electrons. The van der Waals surface area contributed by atoms with Gasteiger partial charge in [0.2, 0.25) is 0 Å². The van der Waals surface area contributed by atoms with Gasteiger partial charge >= 0.3 is 21.1 Å². The molecule has 0 saturated heterocycles. The Morgan fingerprint density at radius 3 is 1.63 bits per heavy atom. The number of pyridine rings is 1. The van der Waals surface area contributed by atoms with Crippen molar-refractivity contribution in [2.24, 2.45) is 0 Å². The van der Waals surface area contributed by atoms with E-state index in [4.69, 9.17) is 9.10 Å². The average molecular weight is 1120 g/mol. The zero-order valence-corrected chi connectivity index (χ0v) is 41.8. The van der Waals surface area contributed by atoms with E-state index in [1.54, 1.807) is 0 Å². The summed E-state index contributed by atoms with van der Waals surface area (Å²) in [4.78, 5) is 11.0. The van der Waals surface area contributed by atoms with Crippen LogP contribution in [0.15, 0.2) is 255 Å². The van der Waals surface area contributed by atoms with Crippen LogP contribution in [0.3, 0.4) is 0 Å². The van der Waals surface area contributed by atoms with Crippen LogP contribution in [0.25, 0.3) is 83.3 Å². The molecule has 0 spiro atoms. The van der Waals surface area contributed by atoms with Crippen molar-refractivity contribution in [1.29, 1.82) is 0 Å². The monoisotopic (exact) mass is 1120 g/mol. The molecule has 73 heavy (non-hydrogen) atoms. The minimum absolute atomic E-state index is 0. The van der Waals surface area contributed by atoms with E-state index in [1.807, 2.05) is 59.6 Å². The Balaban J connectivity index is 0.00000582. The van der Waals surface area contributed by atoms with Gasteiger partial charge in [-0.2, -0.15) is 12.1 Å². The van der Waals surface area contributed by atoms with Gasteiger partial charge < -0.3 is 19.3 Å². The Hall–Kier alpha value is -8.76. The first kappa shape index (κ1) is 42.0. The molecule has 0 atom stereocenters. The summed E-state index contributed by atoms with van der Waals surface area (Å²) >= 11 is 0. The number of aromatic nitrogens is 2. The summed E-state index contributed by atoms with van der Waals surface area (Å²) in [6.45, 7) is -2.21. The number of anilines is 6. The SMILES string of the molecule is [2H]C([2H])([2H])N1CN(c2[c-]c(N(c3[c-]c4c(cc3)c3ccccc3n4-c3cc(-c4c(-c5ccccc5)cccc4-c4ccccc4)ccn3)c3c(-c4ccccc4)cccc3-c3ccccc3)ccc2)c2ccccc21.[Pt+2]. The van der Waals surface area contributed by atoms with Gasteiger partial charge in [-0.05, 0) is 80.2 Å². The van der Waals surface area contributed by atoms with Crippen LogP contribution in [0.5, 0.6) is 0 Å². The van der Waals surface area contributed by atoms with Crippen LogP contribution < -0.4 is 14.7 Å². The van der Waals surface area contributed by atoms with Crippen LogP contribution >= 0.6 is 0 Å². The smallest absolute Gasteiger partial charge is 0.357 e. The molecule has 1 aliphatic heterocycles. The molecule has 5 nitrogen and oxygen atoms in total. The fourth-order valence-electron chi connectivity index (χ4n) is 10.5. The third-order valence-electron chi connectivity index (χ3n) is 13.8. The molecule has 6 heteroatoms. The first-order valence-corrected chi connectivity index (χ1v) is 24.2. The van der Waals surface area contributed by atoms with Gasteiger partial charge in [-0.3, -0.25) is 0 Å². The van der Waals surface area contributed by atoms with Gasteiger partial charge in [-0.1, -0.05) is 211 Å². The Labute approximate surface area is 445 Å². The summed E-state index contributed by atoms with van der Waals surface area (Å²) in [6, 6.07) is 94.1. The van der Waals surface area contributed by atoms with Gasteiger partial charge in [0.05, 0.1) is 23.7 Å². The third kappa shape index (κ3) is 8.18. The van der Waals surface area contributed by atoms with Gasteiger partial charge in [0.25, 0.3) is 0 Å². The molecule has 3 heterocycles. The fourth-order valence-corrected chi connectivity index (χ4v) is 10.5. The van der Waals surface area contributed by atoms with E-state index >= 15 is 0 Å². The summed E-state index contributed by atoms with van der Waals surface area (Å²) in [5.74, 6) is 0.759. The summed E-state index contributed by atoms with van der Waals surface area (Å²) in [5.41, 5.74) is 17.4. The molecule has 2 aromatic heterocycles. The quantitative estimate of drug-likeness (QED) is 0.128. The Morgan fingerprint density at radius 2 is 1.00 bits per heavy atom. The summed E-state index contributed by atoms with van der Waals surface area (Å²) in [7, 11) is 0. The van der Waals surface area contributed by atoms with Crippen LogP contribution in [0.1, 0.15) is 4.11 Å². The van der Waals surface area contributed by atoms with E-state index in [9.17, 15) is 0 Å². The minimum Gasteiger partial charge on any atom is -0.357 e. The maximum absolute atomic E-state index is 8.49. The molecule has 1 aliphatic rings. The second-order valence-corrected chi connectivity index (χ2v) is 18.0. The van der Waals surface area contributed by atoms with Crippen molar-refractivity contribution in [3.63, 3.8) is 0 Å². The van der Waals surface area contributed by atoms with Gasteiger partial charge in [0.15, 0.2) is 0 Å². The maximum atomic E-state index is 8.49. The van der Waals surface area contributed by atoms with Gasteiger partial charge in [-0.15, -0.1) is 35.7 Å². The molecule has 0 bridgehead atoms. The second kappa shape index (κ2) is 19.4. The summed E-state index contributed by atoms with van der Waals surface area (Å²) in [5, 5.41) is 2.12. The van der Waals surface area contributed by atoms with Gasteiger partial charge in [0.1, 0.15) is 5.82 Å². The van der Waals surface area contributed by atoms with E-state index in [0.29, 0.717) is 5.69 Å². The number of hydrogen-bond acceptors (Lipinski definition) is 4. The van der Waals surface area contributed by atoms with E-state index < -0.39 is 6.98 Å². The molecule has 0 radical (unpaired) electrons. The number of rotatable bonds is 10. The van der Waals surface area contributed by atoms with Crippen LogP contribution in [0.2, 0.25) is 0 Å². The number of nitrogens with zero attached hydrogens (tertiary/aromatic N) is 5. The zero-order valence-electron chi connectivity index (χ0n) is 42.5. The number of benzene rings is 10. The molecule has 13 rings (SSSR count). The fraction of sp³-hybridized carbons (Fsp3) is 0.0299. The maximum Gasteiger partial charge on any atom is 2.00 e. The van der Waals surface area contributed by atoms with Crippen LogP contribution in [0.4, 0.5) is 34.1 Å². The first-order valence-electron chi connectivity index (χ1n) is 25.7. The Bertz CT molecular complexity index is 3940. The number of para-hydroxylation sites is 4. The number of fused-ring (bicyclic) bond motifs is 4. The normalized spacial score (nSPS) is 12.7. The van der Waals surface area contributed by atoms with Crippen LogP contribution in [-0.4, -0.2) is 23.2 Å². The van der Waals surface area contributed by atoms with E-state index in [0.717, 1.165) is 112 Å². The van der Waals surface area contributed by atoms with Gasteiger partial charge in [0, 0.05) is 33.9 Å². The van der Waals surface area contributed by atoms with E-state index in [1.165, 1.54) is 4.90 Å². The van der Waals surface area contributed by atoms with Crippen molar-refractivity contribution in [2.45, 2.75) is 0 Å². The Kier molecular flexibility index (Phi) is 11.2. The molecule has 0 unspecified atom stereocenters. The summed E-state index contributed by atoms with van der Waals surface area (Å²) in [6.07, 6.45) is 1.92. The van der Waals surface area contributed by atoms with Crippen molar-refractivity contribution in [3.8, 4) is 61.5 Å². The second-order valence-electron chi connectivity index (χ2n) is 18.0. The molecule has 12 aromatic rings. The number of hydrogen-bond donors (Lipinski definition) is 0. The predicted octanol–water partition coefficient (Wildman–Crippen LogP) is 17.1. The molecule has 10 aromatic carbocycles. The average Bonchev–Trinajstić information content (AvgIpc) is 4.04. The molecule has 0 N–H and O–H groups in total. The largest absolute Gasteiger partial charge is 2.00 e. The molecule has 0 amide bonds. The van der Waals surface area contributed by atoms with Crippen LogP contribution in [0, 0.1) is 12.1 Å². The topological polar surface area (TPSA) is 27.5 Å². The van der Waals surface area contributed by atoms with Gasteiger partial charge in [-0.25, -0.2) is 4.98 Å². The van der Waals surface area contributed by atoms with E-state index in [2.05, 4.69) is 222 Å². The summed E-state index contributed by atoms with van der Waals surface area (Å²) < 4.78 is 27.7. The minimum atomic E-state index is -2.35. The van der Waals surface area contributed by atoms with Crippen molar-refractivity contribution in [1.82, 2.24) is 9.55 Å². The molecule has 0 fully saturated rings. The van der Waals surface area contributed by atoms with Crippen LogP contribution in [-0.2, 0) is 21.1 Å². The molecular weight excluding hydrogens is 1070 g/mol. The molecular formula is C67H47N5Pt. The standard InChI is InChI=1S/C67H47N5.Pt/c1-69-46-70(63-38-17-16-37-62(63)69)52-29-18-30-53(44-52)71(67-57(49-25-10-4-11-26-49)34-20-35-58(67)50-27-12-5-13-28-50)54-39-40-60-59-31-14-15-36-61(59)72(64(60)45-54)65-43-51(41-42-68-65)66-55(47-21-6-2-7-22-47)32-19-33-56(66)48-23-8-3-9-24-48;/h2-43H,46H2,1H3;/q-2;+2/i1D3;. The van der Waals surface area contributed by atoms with Crippen molar-refractivity contribution in [3.05, 3.63) is 267 Å². The Morgan fingerprint density at radius 1 is 0.466 bits per heavy atom. The van der Waals surface area contributed by atoms with Crippen molar-refractivity contribution < 1.29 is 25.2 Å².